The summed E-state index contributed by atoms with van der Waals surface area (Å²) >= 11 is 0. The molecule has 2 aromatic carbocycles. The lowest BCUT2D eigenvalue weighted by molar-refractivity contribution is -0.0501. The Morgan fingerprint density at radius 2 is 1.83 bits per heavy atom. The van der Waals surface area contributed by atoms with Gasteiger partial charge in [0.2, 0.25) is 0 Å². The van der Waals surface area contributed by atoms with Crippen LogP contribution in [0.5, 0.6) is 11.5 Å². The van der Waals surface area contributed by atoms with E-state index < -0.39 is 12.5 Å². The van der Waals surface area contributed by atoms with Crippen molar-refractivity contribution in [3.63, 3.8) is 0 Å². The number of ether oxygens (including phenoxy) is 2. The first kappa shape index (κ1) is 16.7. The summed E-state index contributed by atoms with van der Waals surface area (Å²) in [5.74, 6) is 0.0551. The lowest BCUT2D eigenvalue weighted by atomic mass is 10.2. The number of carbonyl (C=O) groups is 1. The second kappa shape index (κ2) is 8.12. The standard InChI is InChI=1S/C17H17F2NO3/c1-12-6-8-13(9-7-12)22-11-10-20-16(21)14-4-2-3-5-15(14)23-17(18)19/h2-9,17H,10-11H2,1H3,(H,20,21). The Bertz CT molecular complexity index is 645. The van der Waals surface area contributed by atoms with Crippen LogP contribution in [0.4, 0.5) is 8.78 Å². The highest BCUT2D eigenvalue weighted by molar-refractivity contribution is 5.96. The maximum atomic E-state index is 12.3. The van der Waals surface area contributed by atoms with Gasteiger partial charge in [-0.15, -0.1) is 0 Å². The lowest BCUT2D eigenvalue weighted by Gasteiger charge is -2.11. The molecule has 0 spiro atoms. The van der Waals surface area contributed by atoms with Gasteiger partial charge in [0.25, 0.3) is 5.91 Å². The topological polar surface area (TPSA) is 47.6 Å². The Balaban J connectivity index is 1.84. The van der Waals surface area contributed by atoms with E-state index in [2.05, 4.69) is 10.1 Å². The molecular formula is C17H17F2NO3. The summed E-state index contributed by atoms with van der Waals surface area (Å²) in [4.78, 5) is 12.0. The molecule has 0 heterocycles. The van der Waals surface area contributed by atoms with Crippen molar-refractivity contribution in [3.05, 3.63) is 59.7 Å². The fourth-order valence-electron chi connectivity index (χ4n) is 1.92. The number of hydrogen-bond donors (Lipinski definition) is 1. The van der Waals surface area contributed by atoms with Gasteiger partial charge in [-0.3, -0.25) is 4.79 Å². The van der Waals surface area contributed by atoms with Gasteiger partial charge in [-0.25, -0.2) is 0 Å². The number of nitrogens with one attached hydrogen (secondary N) is 1. The summed E-state index contributed by atoms with van der Waals surface area (Å²) in [5, 5.41) is 2.61. The first-order chi connectivity index (χ1) is 11.1. The summed E-state index contributed by atoms with van der Waals surface area (Å²) in [7, 11) is 0. The summed E-state index contributed by atoms with van der Waals surface area (Å²) < 4.78 is 34.4. The molecule has 0 bridgehead atoms. The zero-order chi connectivity index (χ0) is 16.7. The molecule has 1 N–H and O–H groups in total. The Hall–Kier alpha value is -2.63. The van der Waals surface area contributed by atoms with Crippen molar-refractivity contribution in [2.75, 3.05) is 13.2 Å². The maximum Gasteiger partial charge on any atom is 0.387 e. The summed E-state index contributed by atoms with van der Waals surface area (Å²) in [6, 6.07) is 13.4. The van der Waals surface area contributed by atoms with Crippen molar-refractivity contribution in [2.24, 2.45) is 0 Å². The SMILES string of the molecule is Cc1ccc(OCCNC(=O)c2ccccc2OC(F)F)cc1. The molecule has 23 heavy (non-hydrogen) atoms. The molecule has 122 valence electrons. The van der Waals surface area contributed by atoms with Crippen molar-refractivity contribution < 1.29 is 23.0 Å². The van der Waals surface area contributed by atoms with Crippen molar-refractivity contribution in [3.8, 4) is 11.5 Å². The second-order valence-electron chi connectivity index (χ2n) is 4.79. The lowest BCUT2D eigenvalue weighted by Crippen LogP contribution is -2.28. The average molecular weight is 321 g/mol. The molecule has 1 amide bonds. The molecule has 0 unspecified atom stereocenters. The van der Waals surface area contributed by atoms with Crippen molar-refractivity contribution in [2.45, 2.75) is 13.5 Å². The van der Waals surface area contributed by atoms with Crippen molar-refractivity contribution >= 4 is 5.91 Å². The highest BCUT2D eigenvalue weighted by Crippen LogP contribution is 2.20. The van der Waals surface area contributed by atoms with E-state index in [0.29, 0.717) is 5.75 Å². The fourth-order valence-corrected chi connectivity index (χ4v) is 1.92. The highest BCUT2D eigenvalue weighted by Gasteiger charge is 2.14. The number of halogens is 2. The van der Waals surface area contributed by atoms with Crippen LogP contribution >= 0.6 is 0 Å². The molecule has 0 aromatic heterocycles. The van der Waals surface area contributed by atoms with E-state index in [1.165, 1.54) is 18.2 Å². The van der Waals surface area contributed by atoms with Crippen LogP contribution in [0, 0.1) is 6.92 Å². The molecule has 0 saturated heterocycles. The molecule has 0 aliphatic heterocycles. The quantitative estimate of drug-likeness (QED) is 0.795. The minimum atomic E-state index is -2.98. The van der Waals surface area contributed by atoms with Crippen LogP contribution in [0.3, 0.4) is 0 Å². The van der Waals surface area contributed by atoms with Crippen LogP contribution in [-0.2, 0) is 0 Å². The summed E-state index contributed by atoms with van der Waals surface area (Å²) in [6.45, 7) is -0.487. The molecule has 2 aromatic rings. The summed E-state index contributed by atoms with van der Waals surface area (Å²) in [5.41, 5.74) is 1.18. The monoisotopic (exact) mass is 321 g/mol. The number of amides is 1. The predicted octanol–water partition coefficient (Wildman–Crippen LogP) is 3.41. The Morgan fingerprint density at radius 3 is 2.52 bits per heavy atom. The van der Waals surface area contributed by atoms with E-state index in [-0.39, 0.29) is 24.5 Å². The number of rotatable bonds is 7. The molecule has 0 saturated carbocycles. The molecule has 6 heteroatoms. The zero-order valence-corrected chi connectivity index (χ0v) is 12.6. The van der Waals surface area contributed by atoms with Gasteiger partial charge in [0.05, 0.1) is 12.1 Å². The molecule has 0 atom stereocenters. The zero-order valence-electron chi connectivity index (χ0n) is 12.6. The van der Waals surface area contributed by atoms with Gasteiger partial charge in [-0.1, -0.05) is 29.8 Å². The van der Waals surface area contributed by atoms with Gasteiger partial charge >= 0.3 is 6.61 Å². The van der Waals surface area contributed by atoms with Crippen LogP contribution < -0.4 is 14.8 Å². The van der Waals surface area contributed by atoms with E-state index >= 15 is 0 Å². The number of carbonyl (C=O) groups excluding carboxylic acids is 1. The third-order valence-electron chi connectivity index (χ3n) is 3.03. The highest BCUT2D eigenvalue weighted by atomic mass is 19.3. The van der Waals surface area contributed by atoms with Crippen molar-refractivity contribution in [1.29, 1.82) is 0 Å². The van der Waals surface area contributed by atoms with Crippen LogP contribution in [0.2, 0.25) is 0 Å². The number of para-hydroxylation sites is 1. The minimum absolute atomic E-state index is 0.0585. The Morgan fingerprint density at radius 1 is 1.13 bits per heavy atom. The van der Waals surface area contributed by atoms with Crippen LogP contribution in [-0.4, -0.2) is 25.7 Å². The number of aryl methyl sites for hydroxylation is 1. The summed E-state index contributed by atoms with van der Waals surface area (Å²) in [6.07, 6.45) is 0. The Kier molecular flexibility index (Phi) is 5.91. The smallest absolute Gasteiger partial charge is 0.387 e. The van der Waals surface area contributed by atoms with Gasteiger partial charge in [-0.05, 0) is 31.2 Å². The first-order valence-electron chi connectivity index (χ1n) is 7.08. The number of alkyl halides is 2. The molecular weight excluding hydrogens is 304 g/mol. The predicted molar refractivity (Wildman–Crippen MR) is 82.1 cm³/mol. The molecule has 0 fully saturated rings. The van der Waals surface area contributed by atoms with Crippen LogP contribution in [0.25, 0.3) is 0 Å². The van der Waals surface area contributed by atoms with Crippen molar-refractivity contribution in [1.82, 2.24) is 5.32 Å². The van der Waals surface area contributed by atoms with Gasteiger partial charge in [0.1, 0.15) is 18.1 Å². The van der Waals surface area contributed by atoms with Crippen LogP contribution in [0.1, 0.15) is 15.9 Å². The number of benzene rings is 2. The van der Waals surface area contributed by atoms with Crippen LogP contribution in [0.15, 0.2) is 48.5 Å². The molecule has 2 rings (SSSR count). The van der Waals surface area contributed by atoms with E-state index in [1.54, 1.807) is 6.07 Å². The maximum absolute atomic E-state index is 12.3. The molecule has 0 aliphatic carbocycles. The van der Waals surface area contributed by atoms with Gasteiger partial charge in [-0.2, -0.15) is 8.78 Å². The largest absolute Gasteiger partial charge is 0.492 e. The Labute approximate surface area is 133 Å². The molecule has 4 nitrogen and oxygen atoms in total. The van der Waals surface area contributed by atoms with Gasteiger partial charge in [0.15, 0.2) is 0 Å². The third-order valence-corrected chi connectivity index (χ3v) is 3.03. The van der Waals surface area contributed by atoms with E-state index in [9.17, 15) is 13.6 Å². The van der Waals surface area contributed by atoms with Gasteiger partial charge in [0, 0.05) is 0 Å². The fraction of sp³-hybridized carbons (Fsp3) is 0.235. The third kappa shape index (κ3) is 5.25. The average Bonchev–Trinajstić information content (AvgIpc) is 2.53. The first-order valence-corrected chi connectivity index (χ1v) is 7.08. The van der Waals surface area contributed by atoms with Gasteiger partial charge < -0.3 is 14.8 Å². The normalized spacial score (nSPS) is 10.4. The molecule has 0 aliphatic rings. The second-order valence-corrected chi connectivity index (χ2v) is 4.79. The molecule has 0 radical (unpaired) electrons. The van der Waals surface area contributed by atoms with E-state index in [4.69, 9.17) is 4.74 Å². The van der Waals surface area contributed by atoms with E-state index in [1.807, 2.05) is 31.2 Å². The van der Waals surface area contributed by atoms with E-state index in [0.717, 1.165) is 5.56 Å². The minimum Gasteiger partial charge on any atom is -0.492 e. The number of hydrogen-bond acceptors (Lipinski definition) is 3.